The van der Waals surface area contributed by atoms with Crippen molar-refractivity contribution in [1.82, 2.24) is 19.4 Å². The molecule has 0 saturated carbocycles. The molecule has 4 rings (SSSR count). The van der Waals surface area contributed by atoms with E-state index >= 15 is 0 Å². The van der Waals surface area contributed by atoms with Gasteiger partial charge in [0, 0.05) is 30.7 Å². The topological polar surface area (TPSA) is 51.0 Å². The van der Waals surface area contributed by atoms with E-state index in [-0.39, 0.29) is 17.8 Å². The molecule has 0 unspecified atom stereocenters. The highest BCUT2D eigenvalue weighted by Gasteiger charge is 2.30. The Hall–Kier alpha value is -3.02. The highest BCUT2D eigenvalue weighted by atomic mass is 19.1. The van der Waals surface area contributed by atoms with Gasteiger partial charge in [-0.3, -0.25) is 9.36 Å². The lowest BCUT2D eigenvalue weighted by molar-refractivity contribution is 0.0735. The van der Waals surface area contributed by atoms with Crippen LogP contribution < -0.4 is 0 Å². The molecular formula is C19H17FN4O. The fraction of sp³-hybridized carbons (Fsp3) is 0.211. The van der Waals surface area contributed by atoms with Crippen LogP contribution in [0.2, 0.25) is 0 Å². The van der Waals surface area contributed by atoms with Crippen LogP contribution in [0.25, 0.3) is 5.82 Å². The first kappa shape index (κ1) is 15.5. The molecule has 6 heteroatoms. The van der Waals surface area contributed by atoms with Crippen LogP contribution in [0.15, 0.2) is 61.3 Å². The Morgan fingerprint density at radius 2 is 2.00 bits per heavy atom. The second kappa shape index (κ2) is 6.47. The van der Waals surface area contributed by atoms with E-state index < -0.39 is 0 Å². The summed E-state index contributed by atoms with van der Waals surface area (Å²) in [6, 6.07) is 9.88. The van der Waals surface area contributed by atoms with Crippen molar-refractivity contribution in [3.63, 3.8) is 0 Å². The number of rotatable bonds is 3. The Labute approximate surface area is 144 Å². The zero-order chi connectivity index (χ0) is 17.2. The summed E-state index contributed by atoms with van der Waals surface area (Å²) in [6.07, 6.45) is 8.55. The number of carbonyl (C=O) groups is 1. The first-order valence-electron chi connectivity index (χ1n) is 8.23. The molecular weight excluding hydrogens is 319 g/mol. The highest BCUT2D eigenvalue weighted by molar-refractivity contribution is 5.95. The van der Waals surface area contributed by atoms with E-state index in [9.17, 15) is 9.18 Å². The Bertz CT molecular complexity index is 877. The monoisotopic (exact) mass is 336 g/mol. The largest absolute Gasteiger partial charge is 0.332 e. The summed E-state index contributed by atoms with van der Waals surface area (Å²) < 4.78 is 14.9. The van der Waals surface area contributed by atoms with Crippen molar-refractivity contribution >= 4 is 5.91 Å². The molecule has 1 atom stereocenters. The lowest BCUT2D eigenvalue weighted by atomic mass is 10.0. The molecule has 2 aromatic heterocycles. The first-order valence-corrected chi connectivity index (χ1v) is 8.23. The van der Waals surface area contributed by atoms with Gasteiger partial charge in [0.2, 0.25) is 0 Å². The predicted octanol–water partition coefficient (Wildman–Crippen LogP) is 3.38. The van der Waals surface area contributed by atoms with Crippen LogP contribution in [0.1, 0.15) is 34.8 Å². The third kappa shape index (κ3) is 3.03. The van der Waals surface area contributed by atoms with Crippen molar-refractivity contribution in [2.75, 3.05) is 6.54 Å². The minimum atomic E-state index is -0.265. The summed E-state index contributed by atoms with van der Waals surface area (Å²) >= 11 is 0. The van der Waals surface area contributed by atoms with Gasteiger partial charge in [0.15, 0.2) is 0 Å². The quantitative estimate of drug-likeness (QED) is 0.737. The number of hydrogen-bond acceptors (Lipinski definition) is 3. The molecule has 1 aliphatic heterocycles. The Kier molecular flexibility index (Phi) is 4.01. The van der Waals surface area contributed by atoms with Gasteiger partial charge >= 0.3 is 0 Å². The van der Waals surface area contributed by atoms with Crippen LogP contribution in [0.3, 0.4) is 0 Å². The van der Waals surface area contributed by atoms with Crippen molar-refractivity contribution in [1.29, 1.82) is 0 Å². The third-order valence-corrected chi connectivity index (χ3v) is 4.53. The van der Waals surface area contributed by atoms with E-state index in [1.807, 2.05) is 4.90 Å². The van der Waals surface area contributed by atoms with Crippen LogP contribution in [0.4, 0.5) is 4.39 Å². The Balaban J connectivity index is 1.61. The minimum Gasteiger partial charge on any atom is -0.332 e. The van der Waals surface area contributed by atoms with Gasteiger partial charge in [0.25, 0.3) is 5.91 Å². The van der Waals surface area contributed by atoms with Crippen molar-refractivity contribution in [3.05, 3.63) is 78.3 Å². The smallest absolute Gasteiger partial charge is 0.254 e. The maximum atomic E-state index is 13.2. The first-order chi connectivity index (χ1) is 12.2. The number of imidazole rings is 1. The van der Waals surface area contributed by atoms with Crippen molar-refractivity contribution in [2.45, 2.75) is 18.9 Å². The van der Waals surface area contributed by atoms with Crippen LogP contribution >= 0.6 is 0 Å². The molecule has 5 nitrogen and oxygen atoms in total. The number of amides is 1. The fourth-order valence-corrected chi connectivity index (χ4v) is 3.29. The van der Waals surface area contributed by atoms with Crippen LogP contribution in [0.5, 0.6) is 0 Å². The standard InChI is InChI=1S/C19H17FN4O/c20-16-5-3-14(4-6-16)17-2-1-10-24(17)19(25)15-7-8-22-18(12-15)23-11-9-21-13-23/h3-9,11-13,17H,1-2,10H2/t17-/m0/s1. The summed E-state index contributed by atoms with van der Waals surface area (Å²) in [5, 5.41) is 0. The van der Waals surface area contributed by atoms with E-state index in [4.69, 9.17) is 0 Å². The van der Waals surface area contributed by atoms with E-state index in [1.54, 1.807) is 53.8 Å². The number of aromatic nitrogens is 3. The van der Waals surface area contributed by atoms with Crippen LogP contribution in [0, 0.1) is 5.82 Å². The van der Waals surface area contributed by atoms with Crippen LogP contribution in [-0.2, 0) is 0 Å². The number of carbonyl (C=O) groups excluding carboxylic acids is 1. The molecule has 0 aliphatic carbocycles. The van der Waals surface area contributed by atoms with Gasteiger partial charge < -0.3 is 4.90 Å². The molecule has 1 saturated heterocycles. The molecule has 3 heterocycles. The maximum Gasteiger partial charge on any atom is 0.254 e. The van der Waals surface area contributed by atoms with E-state index in [0.29, 0.717) is 17.9 Å². The van der Waals surface area contributed by atoms with Gasteiger partial charge in [-0.25, -0.2) is 14.4 Å². The van der Waals surface area contributed by atoms with Gasteiger partial charge in [-0.05, 0) is 42.7 Å². The van der Waals surface area contributed by atoms with Gasteiger partial charge in [0.1, 0.15) is 18.0 Å². The molecule has 0 bridgehead atoms. The fourth-order valence-electron chi connectivity index (χ4n) is 3.29. The molecule has 1 amide bonds. The van der Waals surface area contributed by atoms with Gasteiger partial charge in [-0.2, -0.15) is 0 Å². The summed E-state index contributed by atoms with van der Waals surface area (Å²) in [5.41, 5.74) is 1.56. The van der Waals surface area contributed by atoms with E-state index in [0.717, 1.165) is 18.4 Å². The average molecular weight is 336 g/mol. The number of likely N-dealkylation sites (tertiary alicyclic amines) is 1. The molecule has 0 N–H and O–H groups in total. The third-order valence-electron chi connectivity index (χ3n) is 4.53. The normalized spacial score (nSPS) is 17.0. The van der Waals surface area contributed by atoms with Crippen molar-refractivity contribution in [2.24, 2.45) is 0 Å². The van der Waals surface area contributed by atoms with Crippen molar-refractivity contribution < 1.29 is 9.18 Å². The van der Waals surface area contributed by atoms with Crippen LogP contribution in [-0.4, -0.2) is 31.9 Å². The Morgan fingerprint density at radius 1 is 1.16 bits per heavy atom. The Morgan fingerprint density at radius 3 is 2.76 bits per heavy atom. The van der Waals surface area contributed by atoms with Gasteiger partial charge in [-0.15, -0.1) is 0 Å². The summed E-state index contributed by atoms with van der Waals surface area (Å²) in [4.78, 5) is 23.2. The molecule has 1 fully saturated rings. The average Bonchev–Trinajstić information content (AvgIpc) is 3.34. The zero-order valence-electron chi connectivity index (χ0n) is 13.5. The molecule has 126 valence electrons. The summed E-state index contributed by atoms with van der Waals surface area (Å²) in [5.74, 6) is 0.357. The van der Waals surface area contributed by atoms with E-state index in [1.165, 1.54) is 12.1 Å². The molecule has 1 aliphatic rings. The highest BCUT2D eigenvalue weighted by Crippen LogP contribution is 2.33. The molecule has 1 aromatic carbocycles. The maximum absolute atomic E-state index is 13.2. The molecule has 3 aromatic rings. The van der Waals surface area contributed by atoms with Gasteiger partial charge in [-0.1, -0.05) is 12.1 Å². The van der Waals surface area contributed by atoms with E-state index in [2.05, 4.69) is 9.97 Å². The lowest BCUT2D eigenvalue weighted by Gasteiger charge is -2.25. The summed E-state index contributed by atoms with van der Waals surface area (Å²) in [6.45, 7) is 0.698. The number of benzene rings is 1. The minimum absolute atomic E-state index is 0.0158. The van der Waals surface area contributed by atoms with Gasteiger partial charge in [0.05, 0.1) is 6.04 Å². The SMILES string of the molecule is O=C(c1ccnc(-n2ccnc2)c1)N1CCC[C@H]1c1ccc(F)cc1. The second-order valence-electron chi connectivity index (χ2n) is 6.08. The molecule has 0 spiro atoms. The lowest BCUT2D eigenvalue weighted by Crippen LogP contribution is -2.30. The number of pyridine rings is 1. The summed E-state index contributed by atoms with van der Waals surface area (Å²) in [7, 11) is 0. The number of hydrogen-bond donors (Lipinski definition) is 0. The number of nitrogens with zero attached hydrogens (tertiary/aromatic N) is 4. The molecule has 0 radical (unpaired) electrons. The van der Waals surface area contributed by atoms with Crippen molar-refractivity contribution in [3.8, 4) is 5.82 Å². The second-order valence-corrected chi connectivity index (χ2v) is 6.08. The number of halogens is 1. The molecule has 25 heavy (non-hydrogen) atoms. The predicted molar refractivity (Wildman–Crippen MR) is 90.8 cm³/mol. The zero-order valence-corrected chi connectivity index (χ0v) is 13.5.